The number of carbonyl (C=O) groups excluding carboxylic acids is 1. The minimum Gasteiger partial charge on any atom is -0.497 e. The first-order valence-electron chi connectivity index (χ1n) is 7.96. The number of hydrogen-bond donors (Lipinski definition) is 2. The van der Waals surface area contributed by atoms with Crippen molar-refractivity contribution in [3.63, 3.8) is 0 Å². The van der Waals surface area contributed by atoms with E-state index < -0.39 is 0 Å². The van der Waals surface area contributed by atoms with Crippen molar-refractivity contribution in [3.8, 4) is 5.75 Å². The molecule has 0 unspecified atom stereocenters. The molecule has 0 heterocycles. The zero-order valence-corrected chi connectivity index (χ0v) is 13.5. The van der Waals surface area contributed by atoms with Crippen LogP contribution in [0.5, 0.6) is 5.75 Å². The first kappa shape index (κ1) is 16.9. The molecule has 0 bridgehead atoms. The summed E-state index contributed by atoms with van der Waals surface area (Å²) in [6, 6.07) is 15.4. The third-order valence-corrected chi connectivity index (χ3v) is 3.76. The SMILES string of the molecule is COc1ccc(CCCCCC(=O)Nc2ccccc2N)cc1. The minimum absolute atomic E-state index is 0.0207. The zero-order chi connectivity index (χ0) is 16.5. The van der Waals surface area contributed by atoms with E-state index >= 15 is 0 Å². The van der Waals surface area contributed by atoms with E-state index in [-0.39, 0.29) is 5.91 Å². The Morgan fingerprint density at radius 2 is 1.78 bits per heavy atom. The first-order valence-corrected chi connectivity index (χ1v) is 7.96. The highest BCUT2D eigenvalue weighted by Gasteiger charge is 2.04. The van der Waals surface area contributed by atoms with Gasteiger partial charge in [0.15, 0.2) is 0 Å². The summed E-state index contributed by atoms with van der Waals surface area (Å²) in [5, 5.41) is 2.85. The lowest BCUT2D eigenvalue weighted by Gasteiger charge is -2.08. The van der Waals surface area contributed by atoms with Gasteiger partial charge in [0.2, 0.25) is 5.91 Å². The van der Waals surface area contributed by atoms with E-state index in [9.17, 15) is 4.79 Å². The summed E-state index contributed by atoms with van der Waals surface area (Å²) >= 11 is 0. The number of nitrogens with one attached hydrogen (secondary N) is 1. The van der Waals surface area contributed by atoms with Gasteiger partial charge in [-0.3, -0.25) is 4.79 Å². The van der Waals surface area contributed by atoms with Crippen LogP contribution in [0.1, 0.15) is 31.2 Å². The highest BCUT2D eigenvalue weighted by molar-refractivity contribution is 5.93. The van der Waals surface area contributed by atoms with Crippen molar-refractivity contribution in [2.75, 3.05) is 18.2 Å². The number of anilines is 2. The van der Waals surface area contributed by atoms with Crippen LogP contribution in [0.25, 0.3) is 0 Å². The number of benzene rings is 2. The van der Waals surface area contributed by atoms with Crippen LogP contribution in [-0.4, -0.2) is 13.0 Å². The molecule has 0 aromatic heterocycles. The van der Waals surface area contributed by atoms with Gasteiger partial charge < -0.3 is 15.8 Å². The molecule has 0 atom stereocenters. The van der Waals surface area contributed by atoms with Gasteiger partial charge >= 0.3 is 0 Å². The smallest absolute Gasteiger partial charge is 0.224 e. The lowest BCUT2D eigenvalue weighted by Crippen LogP contribution is -2.12. The molecule has 122 valence electrons. The fourth-order valence-corrected chi connectivity index (χ4v) is 2.41. The third-order valence-electron chi connectivity index (χ3n) is 3.76. The number of unbranched alkanes of at least 4 members (excludes halogenated alkanes) is 2. The Hall–Kier alpha value is -2.49. The molecule has 0 saturated heterocycles. The van der Waals surface area contributed by atoms with Gasteiger partial charge in [0.1, 0.15) is 5.75 Å². The summed E-state index contributed by atoms with van der Waals surface area (Å²) in [4.78, 5) is 11.9. The van der Waals surface area contributed by atoms with E-state index in [1.165, 1.54) is 5.56 Å². The Morgan fingerprint density at radius 1 is 1.04 bits per heavy atom. The van der Waals surface area contributed by atoms with Gasteiger partial charge in [-0.05, 0) is 49.1 Å². The third kappa shape index (κ3) is 5.66. The summed E-state index contributed by atoms with van der Waals surface area (Å²) in [5.74, 6) is 0.901. The highest BCUT2D eigenvalue weighted by Crippen LogP contribution is 2.17. The molecule has 0 radical (unpaired) electrons. The van der Waals surface area contributed by atoms with Crippen molar-refractivity contribution in [1.29, 1.82) is 0 Å². The molecular formula is C19H24N2O2. The van der Waals surface area contributed by atoms with E-state index in [0.717, 1.165) is 31.4 Å². The van der Waals surface area contributed by atoms with Crippen LogP contribution >= 0.6 is 0 Å². The number of rotatable bonds is 8. The second-order valence-electron chi connectivity index (χ2n) is 5.54. The van der Waals surface area contributed by atoms with Crippen molar-refractivity contribution in [2.45, 2.75) is 32.1 Å². The number of aryl methyl sites for hydroxylation is 1. The Balaban J connectivity index is 1.63. The standard InChI is InChI=1S/C19H24N2O2/c1-23-16-13-11-15(12-14-16)7-3-2-4-10-19(22)21-18-9-6-5-8-17(18)20/h5-6,8-9,11-14H,2-4,7,10,20H2,1H3,(H,21,22). The normalized spacial score (nSPS) is 10.3. The predicted molar refractivity (Wildman–Crippen MR) is 94.7 cm³/mol. The number of methoxy groups -OCH3 is 1. The maximum Gasteiger partial charge on any atom is 0.224 e. The molecular weight excluding hydrogens is 288 g/mol. The number of nitrogens with two attached hydrogens (primary N) is 1. The van der Waals surface area contributed by atoms with Crippen LogP contribution in [-0.2, 0) is 11.2 Å². The molecule has 0 saturated carbocycles. The summed E-state index contributed by atoms with van der Waals surface area (Å²) in [7, 11) is 1.67. The molecule has 2 aromatic carbocycles. The van der Waals surface area contributed by atoms with Gasteiger partial charge in [0.05, 0.1) is 18.5 Å². The van der Waals surface area contributed by atoms with Crippen molar-refractivity contribution in [1.82, 2.24) is 0 Å². The second kappa shape index (κ2) is 8.83. The Kier molecular flexibility index (Phi) is 6.48. The molecule has 3 N–H and O–H groups in total. The summed E-state index contributed by atoms with van der Waals surface area (Å²) in [6.07, 6.45) is 4.54. The number of nitrogen functional groups attached to an aromatic ring is 1. The number of ether oxygens (including phenoxy) is 1. The van der Waals surface area contributed by atoms with Crippen LogP contribution in [0.4, 0.5) is 11.4 Å². The molecule has 23 heavy (non-hydrogen) atoms. The molecule has 0 aliphatic heterocycles. The molecule has 4 nitrogen and oxygen atoms in total. The second-order valence-corrected chi connectivity index (χ2v) is 5.54. The lowest BCUT2D eigenvalue weighted by atomic mass is 10.1. The topological polar surface area (TPSA) is 64.3 Å². The quantitative estimate of drug-likeness (QED) is 0.571. The molecule has 0 spiro atoms. The number of amides is 1. The lowest BCUT2D eigenvalue weighted by molar-refractivity contribution is -0.116. The van der Waals surface area contributed by atoms with Crippen molar-refractivity contribution >= 4 is 17.3 Å². The zero-order valence-electron chi connectivity index (χ0n) is 13.5. The number of para-hydroxylation sites is 2. The van der Waals surface area contributed by atoms with Crippen LogP contribution in [0.2, 0.25) is 0 Å². The number of hydrogen-bond acceptors (Lipinski definition) is 3. The van der Waals surface area contributed by atoms with Crippen LogP contribution < -0.4 is 15.8 Å². The summed E-state index contributed by atoms with van der Waals surface area (Å²) < 4.78 is 5.14. The highest BCUT2D eigenvalue weighted by atomic mass is 16.5. The Morgan fingerprint density at radius 3 is 2.48 bits per heavy atom. The Bertz CT molecular complexity index is 624. The van der Waals surface area contributed by atoms with Gasteiger partial charge in [-0.2, -0.15) is 0 Å². The molecule has 0 aliphatic rings. The van der Waals surface area contributed by atoms with Gasteiger partial charge in [0, 0.05) is 6.42 Å². The van der Waals surface area contributed by atoms with Crippen LogP contribution in [0.15, 0.2) is 48.5 Å². The minimum atomic E-state index is 0.0207. The molecule has 0 fully saturated rings. The molecule has 1 amide bonds. The average molecular weight is 312 g/mol. The van der Waals surface area contributed by atoms with E-state index in [0.29, 0.717) is 17.8 Å². The van der Waals surface area contributed by atoms with Gasteiger partial charge in [0.25, 0.3) is 0 Å². The first-order chi connectivity index (χ1) is 11.2. The van der Waals surface area contributed by atoms with E-state index in [4.69, 9.17) is 10.5 Å². The average Bonchev–Trinajstić information content (AvgIpc) is 2.57. The van der Waals surface area contributed by atoms with E-state index in [1.807, 2.05) is 30.3 Å². The molecule has 4 heteroatoms. The monoisotopic (exact) mass is 312 g/mol. The maximum absolute atomic E-state index is 11.9. The summed E-state index contributed by atoms with van der Waals surface area (Å²) in [5.41, 5.74) is 8.39. The summed E-state index contributed by atoms with van der Waals surface area (Å²) in [6.45, 7) is 0. The fraction of sp³-hybridized carbons (Fsp3) is 0.316. The molecule has 0 aliphatic carbocycles. The van der Waals surface area contributed by atoms with Crippen molar-refractivity contribution < 1.29 is 9.53 Å². The fourth-order valence-electron chi connectivity index (χ4n) is 2.41. The van der Waals surface area contributed by atoms with Crippen LogP contribution in [0, 0.1) is 0 Å². The van der Waals surface area contributed by atoms with E-state index in [1.54, 1.807) is 13.2 Å². The van der Waals surface area contributed by atoms with Gasteiger partial charge in [-0.25, -0.2) is 0 Å². The maximum atomic E-state index is 11.9. The Labute approximate surface area is 137 Å². The largest absolute Gasteiger partial charge is 0.497 e. The van der Waals surface area contributed by atoms with E-state index in [2.05, 4.69) is 17.4 Å². The number of carbonyl (C=O) groups is 1. The van der Waals surface area contributed by atoms with Crippen molar-refractivity contribution in [2.24, 2.45) is 0 Å². The van der Waals surface area contributed by atoms with Crippen LogP contribution in [0.3, 0.4) is 0 Å². The molecule has 2 rings (SSSR count). The van der Waals surface area contributed by atoms with Gasteiger partial charge in [-0.1, -0.05) is 30.7 Å². The van der Waals surface area contributed by atoms with Crippen molar-refractivity contribution in [3.05, 3.63) is 54.1 Å². The molecule has 2 aromatic rings. The van der Waals surface area contributed by atoms with Gasteiger partial charge in [-0.15, -0.1) is 0 Å². The predicted octanol–water partition coefficient (Wildman–Crippen LogP) is 4.02.